The van der Waals surface area contributed by atoms with Crippen LogP contribution in [0.4, 0.5) is 0 Å². The highest BCUT2D eigenvalue weighted by atomic mass is 16.6. The Labute approximate surface area is 216 Å². The number of Topliss-reactive ketones (excluding diaryl/α,β-unsaturated/α-hetero) is 1. The molecule has 0 bridgehead atoms. The van der Waals surface area contributed by atoms with Gasteiger partial charge in [-0.2, -0.15) is 0 Å². The summed E-state index contributed by atoms with van der Waals surface area (Å²) >= 11 is 0. The number of benzene rings is 1. The van der Waals surface area contributed by atoms with Gasteiger partial charge in [-0.3, -0.25) is 19.4 Å². The second kappa shape index (κ2) is 12.6. The average Bonchev–Trinajstić information content (AvgIpc) is 2.91. The Kier molecular flexibility index (Phi) is 9.52. The molecule has 1 aromatic heterocycles. The fraction of sp³-hybridized carbons (Fsp3) is 0.464. The highest BCUT2D eigenvalue weighted by Crippen LogP contribution is 2.30. The molecule has 1 aliphatic rings. The highest BCUT2D eigenvalue weighted by Gasteiger charge is 2.40. The summed E-state index contributed by atoms with van der Waals surface area (Å²) in [5.74, 6) is -3.63. The Morgan fingerprint density at radius 1 is 1.14 bits per heavy atom. The fourth-order valence-corrected chi connectivity index (χ4v) is 4.38. The molecular weight excluding hydrogens is 476 g/mol. The number of aliphatic hydroxyl groups excluding tert-OH is 1. The van der Waals surface area contributed by atoms with Crippen LogP contribution in [-0.4, -0.2) is 52.5 Å². The maximum atomic E-state index is 13.3. The number of aromatic nitrogens is 1. The van der Waals surface area contributed by atoms with Crippen molar-refractivity contribution in [1.82, 2.24) is 10.3 Å². The van der Waals surface area contributed by atoms with Crippen LogP contribution < -0.4 is 5.32 Å². The summed E-state index contributed by atoms with van der Waals surface area (Å²) in [5, 5.41) is 12.0. The molecule has 1 aliphatic heterocycles. The third-order valence-corrected chi connectivity index (χ3v) is 6.79. The first-order valence-electron chi connectivity index (χ1n) is 12.4. The number of esters is 2. The van der Waals surface area contributed by atoms with Crippen molar-refractivity contribution in [3.8, 4) is 0 Å². The minimum atomic E-state index is -1.27. The van der Waals surface area contributed by atoms with Crippen molar-refractivity contribution in [2.75, 3.05) is 6.61 Å². The third-order valence-electron chi connectivity index (χ3n) is 6.79. The van der Waals surface area contributed by atoms with Gasteiger partial charge in [-0.15, -0.1) is 0 Å². The number of nitrogens with zero attached hydrogens (tertiary/aromatic N) is 1. The molecule has 3 rings (SSSR count). The van der Waals surface area contributed by atoms with Crippen LogP contribution in [0, 0.1) is 24.7 Å². The van der Waals surface area contributed by atoms with E-state index >= 15 is 0 Å². The minimum Gasteiger partial charge on any atom is -0.463 e. The van der Waals surface area contributed by atoms with Crippen LogP contribution >= 0.6 is 0 Å². The number of hydrogen-bond acceptors (Lipinski definition) is 8. The predicted molar refractivity (Wildman–Crippen MR) is 134 cm³/mol. The summed E-state index contributed by atoms with van der Waals surface area (Å²) in [6.07, 6.45) is 0.964. The Morgan fingerprint density at radius 2 is 1.84 bits per heavy atom. The van der Waals surface area contributed by atoms with Crippen molar-refractivity contribution >= 4 is 23.6 Å². The van der Waals surface area contributed by atoms with E-state index in [0.717, 1.165) is 5.56 Å². The number of ketones is 1. The number of ether oxygens (including phenoxy) is 2. The molecule has 2 unspecified atom stereocenters. The van der Waals surface area contributed by atoms with Gasteiger partial charge in [0.05, 0.1) is 12.5 Å². The number of carbonyl (C=O) groups is 4. The van der Waals surface area contributed by atoms with Crippen LogP contribution in [0.1, 0.15) is 54.4 Å². The highest BCUT2D eigenvalue weighted by molar-refractivity contribution is 5.96. The average molecular weight is 511 g/mol. The molecule has 1 fully saturated rings. The van der Waals surface area contributed by atoms with Crippen LogP contribution in [0.5, 0.6) is 0 Å². The van der Waals surface area contributed by atoms with Gasteiger partial charge in [0.25, 0.3) is 5.91 Å². The number of rotatable bonds is 8. The van der Waals surface area contributed by atoms with Gasteiger partial charge in [-0.05, 0) is 43.0 Å². The molecule has 198 valence electrons. The van der Waals surface area contributed by atoms with Gasteiger partial charge in [0.2, 0.25) is 0 Å². The Hall–Kier alpha value is -3.59. The summed E-state index contributed by atoms with van der Waals surface area (Å²) in [4.78, 5) is 56.1. The zero-order valence-electron chi connectivity index (χ0n) is 21.6. The molecule has 1 saturated heterocycles. The molecule has 0 radical (unpaired) electrons. The van der Waals surface area contributed by atoms with E-state index in [9.17, 15) is 24.3 Å². The summed E-state index contributed by atoms with van der Waals surface area (Å²) in [6.45, 7) is 6.17. The maximum absolute atomic E-state index is 13.3. The van der Waals surface area contributed by atoms with Gasteiger partial charge < -0.3 is 19.9 Å². The van der Waals surface area contributed by atoms with E-state index in [1.165, 1.54) is 6.20 Å². The second-order valence-electron chi connectivity index (χ2n) is 9.69. The molecule has 9 nitrogen and oxygen atoms in total. The Morgan fingerprint density at radius 3 is 2.49 bits per heavy atom. The van der Waals surface area contributed by atoms with Gasteiger partial charge in [0.1, 0.15) is 24.2 Å². The Balaban J connectivity index is 1.87. The van der Waals surface area contributed by atoms with E-state index in [0.29, 0.717) is 17.5 Å². The zero-order chi connectivity index (χ0) is 27.1. The number of pyridine rings is 1. The fourth-order valence-electron chi connectivity index (χ4n) is 4.38. The summed E-state index contributed by atoms with van der Waals surface area (Å²) in [6, 6.07) is 9.69. The van der Waals surface area contributed by atoms with Crippen molar-refractivity contribution in [1.29, 1.82) is 0 Å². The first-order chi connectivity index (χ1) is 17.6. The topological polar surface area (TPSA) is 132 Å². The largest absolute Gasteiger partial charge is 0.463 e. The minimum absolute atomic E-state index is 0.0426. The van der Waals surface area contributed by atoms with E-state index in [1.807, 2.05) is 30.3 Å². The van der Waals surface area contributed by atoms with Crippen LogP contribution in [-0.2, 0) is 36.9 Å². The van der Waals surface area contributed by atoms with E-state index in [2.05, 4.69) is 10.3 Å². The van der Waals surface area contributed by atoms with Crippen LogP contribution in [0.2, 0.25) is 0 Å². The molecule has 2 N–H and O–H groups in total. The van der Waals surface area contributed by atoms with Crippen LogP contribution in [0.3, 0.4) is 0 Å². The van der Waals surface area contributed by atoms with Gasteiger partial charge >= 0.3 is 11.9 Å². The van der Waals surface area contributed by atoms with E-state index in [4.69, 9.17) is 9.47 Å². The summed E-state index contributed by atoms with van der Waals surface area (Å²) in [7, 11) is 0. The van der Waals surface area contributed by atoms with E-state index in [-0.39, 0.29) is 30.4 Å². The van der Waals surface area contributed by atoms with Gasteiger partial charge in [-0.1, -0.05) is 44.2 Å². The van der Waals surface area contributed by atoms with Crippen molar-refractivity contribution in [2.24, 2.45) is 17.8 Å². The molecular formula is C28H34N2O7. The first-order valence-corrected chi connectivity index (χ1v) is 12.4. The van der Waals surface area contributed by atoms with Gasteiger partial charge in [0.15, 0.2) is 6.04 Å². The van der Waals surface area contributed by atoms with Gasteiger partial charge in [0, 0.05) is 24.5 Å². The lowest BCUT2D eigenvalue weighted by atomic mass is 9.79. The quantitative estimate of drug-likeness (QED) is 0.518. The lowest BCUT2D eigenvalue weighted by Gasteiger charge is -2.29. The number of aliphatic hydroxyl groups is 1. The van der Waals surface area contributed by atoms with Crippen molar-refractivity contribution in [3.05, 3.63) is 65.0 Å². The zero-order valence-corrected chi connectivity index (χ0v) is 21.6. The number of carbonyl (C=O) groups excluding carboxylic acids is 4. The predicted octanol–water partition coefficient (Wildman–Crippen LogP) is 2.56. The van der Waals surface area contributed by atoms with Crippen molar-refractivity contribution < 1.29 is 33.8 Å². The molecule has 4 atom stereocenters. The molecule has 1 aromatic carbocycles. The lowest BCUT2D eigenvalue weighted by molar-refractivity contribution is -0.155. The standard InChI is InChI=1S/C28H34N2O7/c1-16(2)24(32)13-21-18(4)37-28(35)23(30-26(33)25-17(3)20(14-31)10-11-29-25)15-36-27(34)22(21)12-19-8-6-5-7-9-19/h5-11,16,18,21-23,31H,12-15H2,1-4H3,(H,30,33)/t18-,21?,22+,23?/m0/s1. The Bertz CT molecular complexity index is 1130. The summed E-state index contributed by atoms with van der Waals surface area (Å²) in [5.41, 5.74) is 1.93. The third kappa shape index (κ3) is 7.01. The van der Waals surface area contributed by atoms with Crippen molar-refractivity contribution in [3.63, 3.8) is 0 Å². The maximum Gasteiger partial charge on any atom is 0.332 e. The van der Waals surface area contributed by atoms with E-state index < -0.39 is 48.4 Å². The number of hydrogen-bond donors (Lipinski definition) is 2. The molecule has 2 heterocycles. The number of amides is 1. The smallest absolute Gasteiger partial charge is 0.332 e. The molecule has 0 saturated carbocycles. The van der Waals surface area contributed by atoms with Crippen LogP contribution in [0.25, 0.3) is 0 Å². The van der Waals surface area contributed by atoms with E-state index in [1.54, 1.807) is 33.8 Å². The normalized spacial score (nSPS) is 22.3. The lowest BCUT2D eigenvalue weighted by Crippen LogP contribution is -2.46. The second-order valence-corrected chi connectivity index (χ2v) is 9.69. The van der Waals surface area contributed by atoms with Gasteiger partial charge in [-0.25, -0.2) is 4.79 Å². The first kappa shape index (κ1) is 28.0. The molecule has 0 aliphatic carbocycles. The van der Waals surface area contributed by atoms with Crippen LogP contribution in [0.15, 0.2) is 42.6 Å². The monoisotopic (exact) mass is 510 g/mol. The summed E-state index contributed by atoms with van der Waals surface area (Å²) < 4.78 is 11.2. The molecule has 9 heteroatoms. The van der Waals surface area contributed by atoms with Crippen molar-refractivity contribution in [2.45, 2.75) is 59.3 Å². The number of nitrogens with one attached hydrogen (secondary N) is 1. The molecule has 0 spiro atoms. The molecule has 37 heavy (non-hydrogen) atoms. The molecule has 1 amide bonds. The SMILES string of the molecule is Cc1c(CO)ccnc1C(=O)NC1COC(=O)[C@H](Cc2ccccc2)C(CC(=O)C(C)C)[C@H](C)OC1=O. The molecule has 2 aromatic rings. The number of cyclic esters (lactones) is 2.